The number of rotatable bonds is 5. The summed E-state index contributed by atoms with van der Waals surface area (Å²) in [4.78, 5) is 6.26. The Hall–Kier alpha value is -1.15. The van der Waals surface area contributed by atoms with E-state index in [4.69, 9.17) is 4.52 Å². The minimum atomic E-state index is -3.26. The van der Waals surface area contributed by atoms with Crippen LogP contribution in [-0.4, -0.2) is 42.9 Å². The summed E-state index contributed by atoms with van der Waals surface area (Å²) in [5.41, 5.74) is 0. The van der Waals surface area contributed by atoms with Gasteiger partial charge in [0, 0.05) is 26.1 Å². The van der Waals surface area contributed by atoms with Crippen LogP contribution in [0, 0.1) is 18.8 Å². The monoisotopic (exact) mass is 314 g/mol. The average molecular weight is 314 g/mol. The summed E-state index contributed by atoms with van der Waals surface area (Å²) in [6.45, 7) is 6.54. The van der Waals surface area contributed by atoms with Gasteiger partial charge in [0.25, 0.3) is 5.95 Å². The SMILES string of the molecule is Cc1nc(N2C[C@H](NS(=O)(=O)C(C)C)[C@@H](C3CC3)C2)no1. The Balaban J connectivity index is 1.76. The zero-order valence-corrected chi connectivity index (χ0v) is 13.4. The van der Waals surface area contributed by atoms with Crippen LogP contribution in [-0.2, 0) is 10.0 Å². The molecule has 1 aromatic rings. The second-order valence-electron chi connectivity index (χ2n) is 6.34. The number of nitrogens with zero attached hydrogens (tertiary/aromatic N) is 3. The van der Waals surface area contributed by atoms with E-state index in [1.807, 2.05) is 4.90 Å². The van der Waals surface area contributed by atoms with Gasteiger partial charge in [-0.05, 0) is 43.7 Å². The van der Waals surface area contributed by atoms with Gasteiger partial charge in [0.15, 0.2) is 0 Å². The highest BCUT2D eigenvalue weighted by atomic mass is 32.2. The van der Waals surface area contributed by atoms with Gasteiger partial charge in [0.1, 0.15) is 0 Å². The van der Waals surface area contributed by atoms with E-state index in [1.54, 1.807) is 20.8 Å². The number of aromatic nitrogens is 2. The number of nitrogens with one attached hydrogen (secondary N) is 1. The predicted molar refractivity (Wildman–Crippen MR) is 78.4 cm³/mol. The molecule has 8 heteroatoms. The summed E-state index contributed by atoms with van der Waals surface area (Å²) in [5, 5.41) is 3.52. The molecule has 3 rings (SSSR count). The molecule has 0 aromatic carbocycles. The summed E-state index contributed by atoms with van der Waals surface area (Å²) >= 11 is 0. The van der Waals surface area contributed by atoms with Crippen molar-refractivity contribution in [3.8, 4) is 0 Å². The summed E-state index contributed by atoms with van der Waals surface area (Å²) in [6, 6.07) is -0.0660. The summed E-state index contributed by atoms with van der Waals surface area (Å²) in [5.74, 6) is 2.03. The van der Waals surface area contributed by atoms with E-state index in [9.17, 15) is 8.42 Å². The minimum absolute atomic E-state index is 0.0660. The highest BCUT2D eigenvalue weighted by molar-refractivity contribution is 7.90. The molecule has 2 heterocycles. The Morgan fingerprint density at radius 2 is 2.05 bits per heavy atom. The van der Waals surface area contributed by atoms with Crippen LogP contribution in [0.2, 0.25) is 0 Å². The summed E-state index contributed by atoms with van der Waals surface area (Å²) < 4.78 is 32.2. The summed E-state index contributed by atoms with van der Waals surface area (Å²) in [7, 11) is -3.26. The maximum Gasteiger partial charge on any atom is 0.266 e. The van der Waals surface area contributed by atoms with E-state index in [0.717, 1.165) is 6.54 Å². The van der Waals surface area contributed by atoms with Crippen LogP contribution in [0.15, 0.2) is 4.52 Å². The Labute approximate surface area is 125 Å². The Morgan fingerprint density at radius 3 is 2.57 bits per heavy atom. The van der Waals surface area contributed by atoms with Gasteiger partial charge < -0.3 is 9.42 Å². The van der Waals surface area contributed by atoms with Gasteiger partial charge >= 0.3 is 0 Å². The molecule has 0 unspecified atom stereocenters. The first kappa shape index (κ1) is 14.8. The first-order valence-corrected chi connectivity index (χ1v) is 8.98. The van der Waals surface area contributed by atoms with Crippen molar-refractivity contribution in [2.24, 2.45) is 11.8 Å². The smallest absolute Gasteiger partial charge is 0.266 e. The lowest BCUT2D eigenvalue weighted by Crippen LogP contribution is -2.44. The van der Waals surface area contributed by atoms with Gasteiger partial charge in [-0.2, -0.15) is 4.98 Å². The van der Waals surface area contributed by atoms with Crippen molar-refractivity contribution in [1.29, 1.82) is 0 Å². The van der Waals surface area contributed by atoms with E-state index in [2.05, 4.69) is 14.9 Å². The van der Waals surface area contributed by atoms with Crippen molar-refractivity contribution >= 4 is 16.0 Å². The highest BCUT2D eigenvalue weighted by Crippen LogP contribution is 2.42. The highest BCUT2D eigenvalue weighted by Gasteiger charge is 2.45. The van der Waals surface area contributed by atoms with Crippen LogP contribution in [0.3, 0.4) is 0 Å². The number of aryl methyl sites for hydroxylation is 1. The molecular formula is C13H22N4O3S. The van der Waals surface area contributed by atoms with Gasteiger partial charge in [-0.3, -0.25) is 0 Å². The van der Waals surface area contributed by atoms with E-state index in [1.165, 1.54) is 12.8 Å². The standard InChI is InChI=1S/C13H22N4O3S/c1-8(2)21(18,19)16-12-7-17(6-11(12)10-4-5-10)13-14-9(3)20-15-13/h8,10-12,16H,4-7H2,1-3H3/t11-,12+/m1/s1. The number of sulfonamides is 1. The average Bonchev–Trinajstić information content (AvgIpc) is 3.02. The minimum Gasteiger partial charge on any atom is -0.338 e. The third kappa shape index (κ3) is 3.06. The maximum atomic E-state index is 12.1. The van der Waals surface area contributed by atoms with Crippen LogP contribution >= 0.6 is 0 Å². The normalized spacial score (nSPS) is 26.8. The topological polar surface area (TPSA) is 88.3 Å². The van der Waals surface area contributed by atoms with Crippen molar-refractivity contribution in [2.75, 3.05) is 18.0 Å². The Kier molecular flexibility index (Phi) is 3.69. The van der Waals surface area contributed by atoms with Gasteiger partial charge in [0.2, 0.25) is 15.9 Å². The molecule has 118 valence electrons. The molecule has 1 aromatic heterocycles. The molecule has 2 aliphatic rings. The second kappa shape index (κ2) is 5.24. The number of hydrogen-bond donors (Lipinski definition) is 1. The molecule has 1 saturated heterocycles. The lowest BCUT2D eigenvalue weighted by Gasteiger charge is -2.20. The van der Waals surface area contributed by atoms with Crippen molar-refractivity contribution in [3.63, 3.8) is 0 Å². The third-order valence-electron chi connectivity index (χ3n) is 4.33. The first-order valence-electron chi connectivity index (χ1n) is 7.43. The summed E-state index contributed by atoms with van der Waals surface area (Å²) in [6.07, 6.45) is 2.37. The fraction of sp³-hybridized carbons (Fsp3) is 0.846. The second-order valence-corrected chi connectivity index (χ2v) is 8.61. The molecule has 0 bridgehead atoms. The molecule has 7 nitrogen and oxygen atoms in total. The zero-order chi connectivity index (χ0) is 15.2. The van der Waals surface area contributed by atoms with Crippen LogP contribution < -0.4 is 9.62 Å². The van der Waals surface area contributed by atoms with Gasteiger partial charge in [0.05, 0.1) is 5.25 Å². The molecule has 2 fully saturated rings. The molecular weight excluding hydrogens is 292 g/mol. The molecule has 1 aliphatic carbocycles. The van der Waals surface area contributed by atoms with Crippen molar-refractivity contribution in [1.82, 2.24) is 14.9 Å². The van der Waals surface area contributed by atoms with Gasteiger partial charge in [-0.15, -0.1) is 0 Å². The van der Waals surface area contributed by atoms with Crippen LogP contribution in [0.4, 0.5) is 5.95 Å². The lowest BCUT2D eigenvalue weighted by atomic mass is 9.99. The molecule has 0 radical (unpaired) electrons. The van der Waals surface area contributed by atoms with Gasteiger partial charge in [-0.25, -0.2) is 13.1 Å². The largest absolute Gasteiger partial charge is 0.338 e. The Morgan fingerprint density at radius 1 is 1.33 bits per heavy atom. The van der Waals surface area contributed by atoms with Gasteiger partial charge in [-0.1, -0.05) is 0 Å². The van der Waals surface area contributed by atoms with Crippen LogP contribution in [0.5, 0.6) is 0 Å². The molecule has 0 amide bonds. The van der Waals surface area contributed by atoms with Crippen LogP contribution in [0.25, 0.3) is 0 Å². The van der Waals surface area contributed by atoms with Crippen molar-refractivity contribution < 1.29 is 12.9 Å². The number of anilines is 1. The zero-order valence-electron chi connectivity index (χ0n) is 12.6. The molecule has 1 N–H and O–H groups in total. The fourth-order valence-electron chi connectivity index (χ4n) is 2.88. The van der Waals surface area contributed by atoms with Crippen molar-refractivity contribution in [2.45, 2.75) is 44.9 Å². The number of hydrogen-bond acceptors (Lipinski definition) is 6. The molecule has 0 spiro atoms. The molecule has 1 saturated carbocycles. The van der Waals surface area contributed by atoms with E-state index < -0.39 is 15.3 Å². The Bertz CT molecular complexity index is 609. The fourth-order valence-corrected chi connectivity index (χ4v) is 3.83. The molecule has 1 aliphatic heterocycles. The third-order valence-corrected chi connectivity index (χ3v) is 6.20. The van der Waals surface area contributed by atoms with E-state index in [0.29, 0.717) is 30.2 Å². The maximum absolute atomic E-state index is 12.1. The molecule has 2 atom stereocenters. The van der Waals surface area contributed by atoms with E-state index >= 15 is 0 Å². The molecule has 21 heavy (non-hydrogen) atoms. The van der Waals surface area contributed by atoms with Crippen molar-refractivity contribution in [3.05, 3.63) is 5.89 Å². The predicted octanol–water partition coefficient (Wildman–Crippen LogP) is 0.921. The quantitative estimate of drug-likeness (QED) is 0.869. The lowest BCUT2D eigenvalue weighted by molar-refractivity contribution is 0.392. The van der Waals surface area contributed by atoms with E-state index in [-0.39, 0.29) is 6.04 Å². The van der Waals surface area contributed by atoms with Crippen LogP contribution in [0.1, 0.15) is 32.6 Å². The first-order chi connectivity index (χ1) is 9.87.